The van der Waals surface area contributed by atoms with Gasteiger partial charge < -0.3 is 0 Å². The highest BCUT2D eigenvalue weighted by molar-refractivity contribution is 8.13. The van der Waals surface area contributed by atoms with E-state index in [0.29, 0.717) is 19.3 Å². The SMILES string of the molecule is CCSC(=O)C1(Cc2ccccc2)CCCC1=O. The molecule has 0 radical (unpaired) electrons. The van der Waals surface area contributed by atoms with Crippen LogP contribution < -0.4 is 0 Å². The summed E-state index contributed by atoms with van der Waals surface area (Å²) in [6.07, 6.45) is 2.69. The van der Waals surface area contributed by atoms with E-state index in [0.717, 1.165) is 17.7 Å². The summed E-state index contributed by atoms with van der Waals surface area (Å²) in [7, 11) is 0. The van der Waals surface area contributed by atoms with Crippen molar-refractivity contribution in [3.8, 4) is 0 Å². The monoisotopic (exact) mass is 262 g/mol. The summed E-state index contributed by atoms with van der Waals surface area (Å²) >= 11 is 1.29. The highest BCUT2D eigenvalue weighted by Gasteiger charge is 2.47. The molecule has 96 valence electrons. The van der Waals surface area contributed by atoms with E-state index in [9.17, 15) is 9.59 Å². The van der Waals surface area contributed by atoms with Crippen LogP contribution in [0.3, 0.4) is 0 Å². The molecule has 1 aliphatic rings. The van der Waals surface area contributed by atoms with Crippen molar-refractivity contribution < 1.29 is 9.59 Å². The molecule has 18 heavy (non-hydrogen) atoms. The first kappa shape index (κ1) is 13.3. The summed E-state index contributed by atoms with van der Waals surface area (Å²) < 4.78 is 0. The van der Waals surface area contributed by atoms with Crippen molar-refractivity contribution in [3.63, 3.8) is 0 Å². The van der Waals surface area contributed by atoms with Crippen molar-refractivity contribution in [2.24, 2.45) is 5.41 Å². The second kappa shape index (κ2) is 5.70. The molecule has 0 saturated heterocycles. The Morgan fingerprint density at radius 1 is 1.33 bits per heavy atom. The van der Waals surface area contributed by atoms with E-state index in [2.05, 4.69) is 0 Å². The Morgan fingerprint density at radius 3 is 2.61 bits per heavy atom. The van der Waals surface area contributed by atoms with Gasteiger partial charge in [-0.1, -0.05) is 49.0 Å². The lowest BCUT2D eigenvalue weighted by molar-refractivity contribution is -0.133. The van der Waals surface area contributed by atoms with Crippen molar-refractivity contribution >= 4 is 22.7 Å². The molecule has 1 fully saturated rings. The van der Waals surface area contributed by atoms with Crippen LogP contribution >= 0.6 is 11.8 Å². The van der Waals surface area contributed by atoms with E-state index in [1.54, 1.807) is 0 Å². The standard InChI is InChI=1S/C15H18O2S/c1-2-18-14(17)15(10-6-9-13(15)16)11-12-7-4-3-5-8-12/h3-5,7-8H,2,6,9-11H2,1H3. The summed E-state index contributed by atoms with van der Waals surface area (Å²) in [5, 5.41) is 0.0661. The highest BCUT2D eigenvalue weighted by Crippen LogP contribution is 2.41. The Bertz CT molecular complexity index is 441. The van der Waals surface area contributed by atoms with Gasteiger partial charge in [0.05, 0.1) is 0 Å². The largest absolute Gasteiger partial charge is 0.299 e. The average Bonchev–Trinajstić information content (AvgIpc) is 2.74. The maximum absolute atomic E-state index is 12.3. The Hall–Kier alpha value is -1.09. The Morgan fingerprint density at radius 2 is 2.06 bits per heavy atom. The van der Waals surface area contributed by atoms with Gasteiger partial charge in [0.1, 0.15) is 11.2 Å². The molecule has 1 aromatic rings. The number of hydrogen-bond acceptors (Lipinski definition) is 3. The maximum atomic E-state index is 12.3. The first-order chi connectivity index (χ1) is 8.69. The molecule has 2 rings (SSSR count). The minimum atomic E-state index is -0.748. The minimum Gasteiger partial charge on any atom is -0.299 e. The molecular formula is C15H18O2S. The third-order valence-corrected chi connectivity index (χ3v) is 4.50. The number of carbonyl (C=O) groups is 2. The predicted molar refractivity (Wildman–Crippen MR) is 74.6 cm³/mol. The molecule has 2 nitrogen and oxygen atoms in total. The zero-order chi connectivity index (χ0) is 13.0. The molecule has 1 aliphatic carbocycles. The molecule has 1 atom stereocenters. The third-order valence-electron chi connectivity index (χ3n) is 3.56. The van der Waals surface area contributed by atoms with Gasteiger partial charge in [-0.05, 0) is 30.6 Å². The summed E-state index contributed by atoms with van der Waals surface area (Å²) in [6, 6.07) is 9.86. The predicted octanol–water partition coefficient (Wildman–Crippen LogP) is 3.25. The van der Waals surface area contributed by atoms with Gasteiger partial charge in [0.25, 0.3) is 0 Å². The number of hydrogen-bond donors (Lipinski definition) is 0. The zero-order valence-electron chi connectivity index (χ0n) is 10.6. The Kier molecular flexibility index (Phi) is 4.23. The van der Waals surface area contributed by atoms with Crippen LogP contribution in [0.4, 0.5) is 0 Å². The number of ketones is 1. The van der Waals surface area contributed by atoms with Crippen molar-refractivity contribution in [2.45, 2.75) is 32.6 Å². The van der Waals surface area contributed by atoms with E-state index < -0.39 is 5.41 Å². The second-order valence-electron chi connectivity index (χ2n) is 4.74. The third kappa shape index (κ3) is 2.51. The molecule has 1 unspecified atom stereocenters. The molecule has 0 N–H and O–H groups in total. The lowest BCUT2D eigenvalue weighted by atomic mass is 9.80. The van der Waals surface area contributed by atoms with Gasteiger partial charge in [-0.25, -0.2) is 0 Å². The van der Waals surface area contributed by atoms with Crippen LogP contribution in [0.1, 0.15) is 31.7 Å². The Balaban J connectivity index is 2.26. The number of benzene rings is 1. The fourth-order valence-electron chi connectivity index (χ4n) is 2.62. The Labute approximate surface area is 112 Å². The van der Waals surface area contributed by atoms with Gasteiger partial charge in [0, 0.05) is 6.42 Å². The fourth-order valence-corrected chi connectivity index (χ4v) is 3.44. The van der Waals surface area contributed by atoms with Crippen molar-refractivity contribution in [2.75, 3.05) is 5.75 Å². The summed E-state index contributed by atoms with van der Waals surface area (Å²) in [6.45, 7) is 1.96. The van der Waals surface area contributed by atoms with Gasteiger partial charge in [0.15, 0.2) is 0 Å². The van der Waals surface area contributed by atoms with Crippen LogP contribution in [0.15, 0.2) is 30.3 Å². The summed E-state index contributed by atoms with van der Waals surface area (Å²) in [5.41, 5.74) is 0.333. The molecule has 1 aromatic carbocycles. The average molecular weight is 262 g/mol. The van der Waals surface area contributed by atoms with Crippen LogP contribution in [0.25, 0.3) is 0 Å². The molecule has 0 bridgehead atoms. The fraction of sp³-hybridized carbons (Fsp3) is 0.467. The number of rotatable bonds is 4. The van der Waals surface area contributed by atoms with Crippen LogP contribution in [0.5, 0.6) is 0 Å². The number of Topliss-reactive ketones (excluding diaryl/α,β-unsaturated/α-hetero) is 1. The highest BCUT2D eigenvalue weighted by atomic mass is 32.2. The second-order valence-corrected chi connectivity index (χ2v) is 5.98. The molecule has 0 aromatic heterocycles. The van der Waals surface area contributed by atoms with Crippen molar-refractivity contribution in [1.82, 2.24) is 0 Å². The summed E-state index contributed by atoms with van der Waals surface area (Å²) in [5.74, 6) is 0.875. The molecule has 0 heterocycles. The lowest BCUT2D eigenvalue weighted by Crippen LogP contribution is -2.36. The van der Waals surface area contributed by atoms with Crippen LogP contribution in [0.2, 0.25) is 0 Å². The molecule has 0 aliphatic heterocycles. The van der Waals surface area contributed by atoms with E-state index in [1.165, 1.54) is 11.8 Å². The molecule has 0 spiro atoms. The van der Waals surface area contributed by atoms with E-state index in [1.807, 2.05) is 37.3 Å². The summed E-state index contributed by atoms with van der Waals surface area (Å²) in [4.78, 5) is 24.5. The molecule has 1 saturated carbocycles. The smallest absolute Gasteiger partial charge is 0.202 e. The number of carbonyl (C=O) groups excluding carboxylic acids is 2. The van der Waals surface area contributed by atoms with Gasteiger partial charge >= 0.3 is 0 Å². The quantitative estimate of drug-likeness (QED) is 0.781. The van der Waals surface area contributed by atoms with Gasteiger partial charge in [-0.2, -0.15) is 0 Å². The van der Waals surface area contributed by atoms with Crippen LogP contribution in [0, 0.1) is 5.41 Å². The van der Waals surface area contributed by atoms with Gasteiger partial charge in [0.2, 0.25) is 5.12 Å². The van der Waals surface area contributed by atoms with E-state index in [-0.39, 0.29) is 10.9 Å². The normalized spacial score (nSPS) is 23.3. The molecule has 3 heteroatoms. The molecular weight excluding hydrogens is 244 g/mol. The van der Waals surface area contributed by atoms with Crippen LogP contribution in [-0.2, 0) is 16.0 Å². The van der Waals surface area contributed by atoms with E-state index in [4.69, 9.17) is 0 Å². The van der Waals surface area contributed by atoms with E-state index >= 15 is 0 Å². The van der Waals surface area contributed by atoms with Gasteiger partial charge in [-0.3, -0.25) is 9.59 Å². The number of thioether (sulfide) groups is 1. The molecule has 0 amide bonds. The van der Waals surface area contributed by atoms with Crippen molar-refractivity contribution in [1.29, 1.82) is 0 Å². The first-order valence-electron chi connectivity index (χ1n) is 6.43. The first-order valence-corrected chi connectivity index (χ1v) is 7.42. The minimum absolute atomic E-state index is 0.0661. The maximum Gasteiger partial charge on any atom is 0.202 e. The van der Waals surface area contributed by atoms with Gasteiger partial charge in [-0.15, -0.1) is 0 Å². The zero-order valence-corrected chi connectivity index (χ0v) is 11.5. The topological polar surface area (TPSA) is 34.1 Å². The van der Waals surface area contributed by atoms with Crippen LogP contribution in [-0.4, -0.2) is 16.7 Å². The van der Waals surface area contributed by atoms with Crippen molar-refractivity contribution in [3.05, 3.63) is 35.9 Å². The lowest BCUT2D eigenvalue weighted by Gasteiger charge is -2.25.